The van der Waals surface area contributed by atoms with Gasteiger partial charge in [0.2, 0.25) is 0 Å². The van der Waals surface area contributed by atoms with Gasteiger partial charge in [0.25, 0.3) is 5.91 Å². The van der Waals surface area contributed by atoms with Crippen molar-refractivity contribution < 1.29 is 9.53 Å². The van der Waals surface area contributed by atoms with E-state index >= 15 is 0 Å². The van der Waals surface area contributed by atoms with Crippen LogP contribution in [0.5, 0.6) is 5.75 Å². The summed E-state index contributed by atoms with van der Waals surface area (Å²) in [5.74, 6) is 0.660. The smallest absolute Gasteiger partial charge is 0.255 e. The second kappa shape index (κ2) is 7.18. The second-order valence-corrected chi connectivity index (χ2v) is 5.84. The zero-order valence-electron chi connectivity index (χ0n) is 14.0. The van der Waals surface area contributed by atoms with Gasteiger partial charge in [-0.15, -0.1) is 0 Å². The molecule has 0 aliphatic heterocycles. The van der Waals surface area contributed by atoms with E-state index in [2.05, 4.69) is 12.2 Å². The van der Waals surface area contributed by atoms with Crippen molar-refractivity contribution in [2.45, 2.75) is 26.4 Å². The van der Waals surface area contributed by atoms with Crippen molar-refractivity contribution in [3.05, 3.63) is 72.3 Å². The zero-order valence-corrected chi connectivity index (χ0v) is 14.0. The average Bonchev–Trinajstić information content (AvgIpc) is 2.62. The molecule has 0 bridgehead atoms. The van der Waals surface area contributed by atoms with E-state index in [0.29, 0.717) is 5.56 Å². The van der Waals surface area contributed by atoms with Gasteiger partial charge >= 0.3 is 0 Å². The number of amides is 1. The molecule has 0 heterocycles. The number of anilines is 1. The highest BCUT2D eigenvalue weighted by Gasteiger charge is 2.09. The number of ether oxygens (including phenoxy) is 1. The van der Waals surface area contributed by atoms with Gasteiger partial charge in [0.1, 0.15) is 5.75 Å². The van der Waals surface area contributed by atoms with Crippen molar-refractivity contribution in [3.8, 4) is 5.75 Å². The summed E-state index contributed by atoms with van der Waals surface area (Å²) in [6, 6.07) is 21.2. The maximum Gasteiger partial charge on any atom is 0.255 e. The molecule has 0 aliphatic rings. The molecule has 3 heteroatoms. The summed E-state index contributed by atoms with van der Waals surface area (Å²) in [7, 11) is 0. The Kier molecular flexibility index (Phi) is 4.80. The van der Waals surface area contributed by atoms with Gasteiger partial charge in [-0.05, 0) is 49.1 Å². The summed E-state index contributed by atoms with van der Waals surface area (Å²) >= 11 is 0. The maximum absolute atomic E-state index is 12.5. The number of hydrogen-bond donors (Lipinski definition) is 1. The summed E-state index contributed by atoms with van der Waals surface area (Å²) in [5.41, 5.74) is 1.43. The Morgan fingerprint density at radius 3 is 2.46 bits per heavy atom. The predicted molar refractivity (Wildman–Crippen MR) is 98.7 cm³/mol. The van der Waals surface area contributed by atoms with E-state index in [-0.39, 0.29) is 12.0 Å². The monoisotopic (exact) mass is 319 g/mol. The van der Waals surface area contributed by atoms with Crippen molar-refractivity contribution in [2.24, 2.45) is 0 Å². The van der Waals surface area contributed by atoms with Gasteiger partial charge in [-0.1, -0.05) is 43.3 Å². The Bertz CT molecular complexity index is 835. The molecule has 1 atom stereocenters. The molecule has 0 aliphatic carbocycles. The SMILES string of the molecule is CCC(C)Oc1ccc(C(=O)Nc2cccc3ccccc23)cc1. The lowest BCUT2D eigenvalue weighted by molar-refractivity contribution is 0.102. The van der Waals surface area contributed by atoms with Crippen LogP contribution in [-0.4, -0.2) is 12.0 Å². The number of benzene rings is 3. The summed E-state index contributed by atoms with van der Waals surface area (Å²) in [5, 5.41) is 5.13. The highest BCUT2D eigenvalue weighted by Crippen LogP contribution is 2.24. The van der Waals surface area contributed by atoms with Crippen LogP contribution in [0.2, 0.25) is 0 Å². The fourth-order valence-electron chi connectivity index (χ4n) is 2.53. The molecule has 0 saturated carbocycles. The highest BCUT2D eigenvalue weighted by atomic mass is 16.5. The summed E-state index contributed by atoms with van der Waals surface area (Å²) < 4.78 is 5.74. The molecule has 0 spiro atoms. The van der Waals surface area contributed by atoms with Gasteiger partial charge in [0, 0.05) is 16.6 Å². The number of carbonyl (C=O) groups is 1. The summed E-state index contributed by atoms with van der Waals surface area (Å²) in [6.07, 6.45) is 1.11. The van der Waals surface area contributed by atoms with Crippen LogP contribution in [0.3, 0.4) is 0 Å². The number of nitrogens with one attached hydrogen (secondary N) is 1. The van der Waals surface area contributed by atoms with E-state index < -0.39 is 0 Å². The van der Waals surface area contributed by atoms with Crippen LogP contribution >= 0.6 is 0 Å². The molecule has 1 unspecified atom stereocenters. The molecule has 0 aromatic heterocycles. The molecular weight excluding hydrogens is 298 g/mol. The molecule has 122 valence electrons. The van der Waals surface area contributed by atoms with Crippen molar-refractivity contribution >= 4 is 22.4 Å². The normalized spacial score (nSPS) is 11.9. The zero-order chi connectivity index (χ0) is 16.9. The van der Waals surface area contributed by atoms with Gasteiger partial charge in [0.15, 0.2) is 0 Å². The van der Waals surface area contributed by atoms with Crippen molar-refractivity contribution in [2.75, 3.05) is 5.32 Å². The van der Waals surface area contributed by atoms with Gasteiger partial charge in [-0.3, -0.25) is 4.79 Å². The Balaban J connectivity index is 1.77. The first-order valence-corrected chi connectivity index (χ1v) is 8.23. The van der Waals surface area contributed by atoms with Crippen LogP contribution in [0.15, 0.2) is 66.7 Å². The largest absolute Gasteiger partial charge is 0.491 e. The van der Waals surface area contributed by atoms with Crippen LogP contribution < -0.4 is 10.1 Å². The number of carbonyl (C=O) groups excluding carboxylic acids is 1. The molecule has 3 nitrogen and oxygen atoms in total. The van der Waals surface area contributed by atoms with E-state index in [1.807, 2.05) is 61.5 Å². The predicted octanol–water partition coefficient (Wildman–Crippen LogP) is 5.27. The van der Waals surface area contributed by atoms with Crippen molar-refractivity contribution in [1.82, 2.24) is 0 Å². The number of hydrogen-bond acceptors (Lipinski definition) is 2. The minimum atomic E-state index is -0.124. The van der Waals surface area contributed by atoms with Crippen LogP contribution in [0.1, 0.15) is 30.6 Å². The fraction of sp³-hybridized carbons (Fsp3) is 0.190. The lowest BCUT2D eigenvalue weighted by Crippen LogP contribution is -2.13. The van der Waals surface area contributed by atoms with Crippen LogP contribution in [-0.2, 0) is 0 Å². The summed E-state index contributed by atoms with van der Waals surface area (Å²) in [6.45, 7) is 4.11. The Morgan fingerprint density at radius 2 is 1.71 bits per heavy atom. The molecule has 1 N–H and O–H groups in total. The second-order valence-electron chi connectivity index (χ2n) is 5.84. The van der Waals surface area contributed by atoms with E-state index in [1.165, 1.54) is 0 Å². The Labute approximate surface area is 142 Å². The standard InChI is InChI=1S/C21H21NO2/c1-3-15(2)24-18-13-11-17(12-14-18)21(23)22-20-10-6-8-16-7-4-5-9-19(16)20/h4-15H,3H2,1-2H3,(H,22,23). The lowest BCUT2D eigenvalue weighted by atomic mass is 10.1. The molecule has 1 amide bonds. The first-order chi connectivity index (χ1) is 11.7. The third-order valence-corrected chi connectivity index (χ3v) is 4.07. The quantitative estimate of drug-likeness (QED) is 0.695. The molecular formula is C21H21NO2. The van der Waals surface area contributed by atoms with Gasteiger partial charge in [-0.2, -0.15) is 0 Å². The van der Waals surface area contributed by atoms with E-state index in [1.54, 1.807) is 12.1 Å². The lowest BCUT2D eigenvalue weighted by Gasteiger charge is -2.13. The molecule has 3 aromatic rings. The van der Waals surface area contributed by atoms with E-state index in [4.69, 9.17) is 4.74 Å². The number of fused-ring (bicyclic) bond motifs is 1. The van der Waals surface area contributed by atoms with Gasteiger partial charge in [0.05, 0.1) is 6.10 Å². The van der Waals surface area contributed by atoms with Gasteiger partial charge < -0.3 is 10.1 Å². The molecule has 3 rings (SSSR count). The molecule has 0 fully saturated rings. The molecule has 0 radical (unpaired) electrons. The first-order valence-electron chi connectivity index (χ1n) is 8.23. The third-order valence-electron chi connectivity index (χ3n) is 4.07. The van der Waals surface area contributed by atoms with Crippen LogP contribution in [0.4, 0.5) is 5.69 Å². The van der Waals surface area contributed by atoms with Crippen LogP contribution in [0, 0.1) is 0 Å². The fourth-order valence-corrected chi connectivity index (χ4v) is 2.53. The third kappa shape index (κ3) is 3.57. The highest BCUT2D eigenvalue weighted by molar-refractivity contribution is 6.09. The van der Waals surface area contributed by atoms with Crippen molar-refractivity contribution in [3.63, 3.8) is 0 Å². The molecule has 0 saturated heterocycles. The number of rotatable bonds is 5. The van der Waals surface area contributed by atoms with E-state index in [0.717, 1.165) is 28.6 Å². The minimum Gasteiger partial charge on any atom is -0.491 e. The average molecular weight is 319 g/mol. The van der Waals surface area contributed by atoms with Crippen molar-refractivity contribution in [1.29, 1.82) is 0 Å². The van der Waals surface area contributed by atoms with Gasteiger partial charge in [-0.25, -0.2) is 0 Å². The topological polar surface area (TPSA) is 38.3 Å². The van der Waals surface area contributed by atoms with E-state index in [9.17, 15) is 4.79 Å². The minimum absolute atomic E-state index is 0.124. The Hall–Kier alpha value is -2.81. The first kappa shape index (κ1) is 16.1. The van der Waals surface area contributed by atoms with Crippen LogP contribution in [0.25, 0.3) is 10.8 Å². The Morgan fingerprint density at radius 1 is 1.00 bits per heavy atom. The molecule has 24 heavy (non-hydrogen) atoms. The maximum atomic E-state index is 12.5. The molecule has 3 aromatic carbocycles. The summed E-state index contributed by atoms with van der Waals surface area (Å²) in [4.78, 5) is 12.5.